The third kappa shape index (κ3) is 3.53. The Balaban J connectivity index is 1.59. The lowest BCUT2D eigenvalue weighted by molar-refractivity contribution is -0.384. The van der Waals surface area contributed by atoms with E-state index in [1.54, 1.807) is 30.3 Å². The molecular weight excluding hydrogens is 386 g/mol. The summed E-state index contributed by atoms with van der Waals surface area (Å²) in [6.45, 7) is 0. The third-order valence-electron chi connectivity index (χ3n) is 3.83. The second-order valence-corrected chi connectivity index (χ2v) is 6.14. The van der Waals surface area contributed by atoms with Crippen LogP contribution in [0.25, 0.3) is 17.4 Å². The van der Waals surface area contributed by atoms with Crippen LogP contribution in [0.4, 0.5) is 5.69 Å². The molecule has 0 atom stereocenters. The number of non-ortho nitro benzene ring substituents is 1. The summed E-state index contributed by atoms with van der Waals surface area (Å²) in [5, 5.41) is 11.2. The molecule has 2 aromatic heterocycles. The summed E-state index contributed by atoms with van der Waals surface area (Å²) in [6, 6.07) is 12.4. The van der Waals surface area contributed by atoms with Gasteiger partial charge in [0.2, 0.25) is 5.90 Å². The van der Waals surface area contributed by atoms with E-state index < -0.39 is 10.9 Å². The van der Waals surface area contributed by atoms with Gasteiger partial charge in [0.05, 0.1) is 4.92 Å². The molecule has 28 heavy (non-hydrogen) atoms. The van der Waals surface area contributed by atoms with Crippen molar-refractivity contribution in [3.8, 4) is 11.3 Å². The number of esters is 1. The molecule has 138 valence electrons. The number of nitro benzene ring substituents is 1. The van der Waals surface area contributed by atoms with Crippen LogP contribution < -0.4 is 0 Å². The molecule has 0 spiro atoms. The van der Waals surface area contributed by atoms with E-state index in [-0.39, 0.29) is 17.3 Å². The Hall–Kier alpha value is -3.78. The van der Waals surface area contributed by atoms with Crippen LogP contribution in [0.5, 0.6) is 0 Å². The molecule has 1 aromatic carbocycles. The molecule has 8 nitrogen and oxygen atoms in total. The number of cyclic esters (lactones) is 1. The number of carbonyl (C=O) groups is 1. The Kier molecular flexibility index (Phi) is 4.46. The first-order valence-corrected chi connectivity index (χ1v) is 8.36. The van der Waals surface area contributed by atoms with Gasteiger partial charge in [-0.2, -0.15) is 0 Å². The predicted octanol–water partition coefficient (Wildman–Crippen LogP) is 4.25. The number of furan rings is 1. The van der Waals surface area contributed by atoms with Crippen LogP contribution >= 0.6 is 11.6 Å². The molecule has 9 heteroatoms. The van der Waals surface area contributed by atoms with Crippen molar-refractivity contribution in [3.05, 3.63) is 87.0 Å². The lowest BCUT2D eigenvalue weighted by Crippen LogP contribution is -2.06. The lowest BCUT2D eigenvalue weighted by Gasteiger charge is -1.97. The van der Waals surface area contributed by atoms with Gasteiger partial charge in [-0.25, -0.2) is 9.79 Å². The molecule has 0 amide bonds. The fourth-order valence-corrected chi connectivity index (χ4v) is 2.67. The number of pyridine rings is 1. The van der Waals surface area contributed by atoms with Crippen LogP contribution in [-0.4, -0.2) is 21.8 Å². The quantitative estimate of drug-likeness (QED) is 0.283. The molecule has 4 rings (SSSR count). The van der Waals surface area contributed by atoms with Gasteiger partial charge in [-0.15, -0.1) is 0 Å². The second kappa shape index (κ2) is 7.09. The number of aromatic nitrogens is 1. The van der Waals surface area contributed by atoms with Gasteiger partial charge >= 0.3 is 5.97 Å². The van der Waals surface area contributed by atoms with E-state index in [0.717, 1.165) is 0 Å². The molecule has 1 aliphatic rings. The SMILES string of the molecule is O=C1OC(c2cc(Cl)ccn2)=N/C1=C\c1ccc(-c2ccc([N+](=O)[O-])cc2)o1. The Morgan fingerprint density at radius 2 is 1.89 bits per heavy atom. The highest BCUT2D eigenvalue weighted by molar-refractivity contribution is 6.31. The third-order valence-corrected chi connectivity index (χ3v) is 4.07. The smallest absolute Gasteiger partial charge is 0.364 e. The summed E-state index contributed by atoms with van der Waals surface area (Å²) in [4.78, 5) is 30.5. The normalized spacial score (nSPS) is 14.8. The first kappa shape index (κ1) is 17.6. The van der Waals surface area contributed by atoms with Crippen molar-refractivity contribution in [3.63, 3.8) is 0 Å². The van der Waals surface area contributed by atoms with Crippen LogP contribution in [0, 0.1) is 10.1 Å². The van der Waals surface area contributed by atoms with Gasteiger partial charge in [-0.05, 0) is 36.4 Å². The summed E-state index contributed by atoms with van der Waals surface area (Å²) in [5.41, 5.74) is 1.05. The molecule has 0 aliphatic carbocycles. The van der Waals surface area contributed by atoms with Gasteiger partial charge in [0.25, 0.3) is 5.69 Å². The Labute approximate surface area is 162 Å². The van der Waals surface area contributed by atoms with Crippen molar-refractivity contribution in [1.29, 1.82) is 0 Å². The van der Waals surface area contributed by atoms with E-state index in [1.165, 1.54) is 30.5 Å². The molecule has 3 aromatic rings. The second-order valence-electron chi connectivity index (χ2n) is 5.70. The van der Waals surface area contributed by atoms with Crippen molar-refractivity contribution in [2.75, 3.05) is 0 Å². The Bertz CT molecular complexity index is 1150. The maximum Gasteiger partial charge on any atom is 0.364 e. The molecule has 0 fully saturated rings. The number of nitro groups is 1. The molecule has 3 heterocycles. The van der Waals surface area contributed by atoms with Crippen molar-refractivity contribution < 1.29 is 18.9 Å². The number of aliphatic imine (C=N–C) groups is 1. The fourth-order valence-electron chi connectivity index (χ4n) is 2.51. The summed E-state index contributed by atoms with van der Waals surface area (Å²) < 4.78 is 10.8. The molecular formula is C19H10ClN3O5. The predicted molar refractivity (Wildman–Crippen MR) is 101 cm³/mol. The van der Waals surface area contributed by atoms with E-state index in [1.807, 2.05) is 0 Å². The van der Waals surface area contributed by atoms with E-state index in [2.05, 4.69) is 9.98 Å². The number of hydrogen-bond donors (Lipinski definition) is 0. The van der Waals surface area contributed by atoms with Crippen molar-refractivity contribution in [2.45, 2.75) is 0 Å². The molecule has 0 bridgehead atoms. The number of benzene rings is 1. The largest absolute Gasteiger partial charge is 0.457 e. The van der Waals surface area contributed by atoms with Gasteiger partial charge in [-0.3, -0.25) is 15.1 Å². The van der Waals surface area contributed by atoms with E-state index >= 15 is 0 Å². The first-order chi connectivity index (χ1) is 13.5. The minimum Gasteiger partial charge on any atom is -0.457 e. The molecule has 0 N–H and O–H groups in total. The maximum atomic E-state index is 12.1. The van der Waals surface area contributed by atoms with Crippen molar-refractivity contribution >= 4 is 35.2 Å². The van der Waals surface area contributed by atoms with Crippen LogP contribution in [-0.2, 0) is 9.53 Å². The number of rotatable bonds is 4. The molecule has 0 unspecified atom stereocenters. The highest BCUT2D eigenvalue weighted by atomic mass is 35.5. The number of nitrogens with zero attached hydrogens (tertiary/aromatic N) is 3. The summed E-state index contributed by atoms with van der Waals surface area (Å²) in [5.74, 6) is 0.295. The van der Waals surface area contributed by atoms with E-state index in [4.69, 9.17) is 20.8 Å². The highest BCUT2D eigenvalue weighted by Crippen LogP contribution is 2.26. The first-order valence-electron chi connectivity index (χ1n) is 7.99. The van der Waals surface area contributed by atoms with Gasteiger partial charge < -0.3 is 9.15 Å². The Morgan fingerprint density at radius 1 is 1.11 bits per heavy atom. The number of ether oxygens (including phenoxy) is 1. The molecule has 1 aliphatic heterocycles. The van der Waals surface area contributed by atoms with E-state index in [0.29, 0.717) is 27.8 Å². The van der Waals surface area contributed by atoms with Crippen molar-refractivity contribution in [1.82, 2.24) is 4.98 Å². The summed E-state index contributed by atoms with van der Waals surface area (Å²) >= 11 is 5.91. The average Bonchev–Trinajstić information content (AvgIpc) is 3.29. The Morgan fingerprint density at radius 3 is 2.61 bits per heavy atom. The lowest BCUT2D eigenvalue weighted by atomic mass is 10.1. The van der Waals surface area contributed by atoms with Crippen LogP contribution in [0.2, 0.25) is 5.02 Å². The fraction of sp³-hybridized carbons (Fsp3) is 0. The monoisotopic (exact) mass is 395 g/mol. The minimum absolute atomic E-state index is 0.0113. The topological polar surface area (TPSA) is 108 Å². The highest BCUT2D eigenvalue weighted by Gasteiger charge is 2.25. The summed E-state index contributed by atoms with van der Waals surface area (Å²) in [6.07, 6.45) is 2.92. The van der Waals surface area contributed by atoms with Gasteiger partial charge in [0, 0.05) is 35.0 Å². The maximum absolute atomic E-state index is 12.1. The summed E-state index contributed by atoms with van der Waals surface area (Å²) in [7, 11) is 0. The van der Waals surface area contributed by atoms with E-state index in [9.17, 15) is 14.9 Å². The van der Waals surface area contributed by atoms with Gasteiger partial charge in [0.1, 0.15) is 17.2 Å². The van der Waals surface area contributed by atoms with Crippen LogP contribution in [0.3, 0.4) is 0 Å². The average molecular weight is 396 g/mol. The zero-order valence-corrected chi connectivity index (χ0v) is 14.8. The van der Waals surface area contributed by atoms with Crippen LogP contribution in [0.15, 0.2) is 69.8 Å². The molecule has 0 radical (unpaired) electrons. The zero-order chi connectivity index (χ0) is 19.7. The van der Waals surface area contributed by atoms with Crippen molar-refractivity contribution in [2.24, 2.45) is 4.99 Å². The van der Waals surface area contributed by atoms with Crippen LogP contribution in [0.1, 0.15) is 11.5 Å². The number of hydrogen-bond acceptors (Lipinski definition) is 7. The standard InChI is InChI=1S/C19H10ClN3O5/c20-12-7-8-21-15(9-12)18-22-16(19(24)28-18)10-14-5-6-17(27-14)11-1-3-13(4-2-11)23(25)26/h1-10H/b16-10-. The number of halogens is 1. The van der Waals surface area contributed by atoms with Gasteiger partial charge in [0.15, 0.2) is 5.70 Å². The van der Waals surface area contributed by atoms with Gasteiger partial charge in [-0.1, -0.05) is 11.6 Å². The molecule has 0 saturated carbocycles. The zero-order valence-electron chi connectivity index (χ0n) is 14.0. The molecule has 0 saturated heterocycles. The number of carbonyl (C=O) groups excluding carboxylic acids is 1. The minimum atomic E-state index is -0.634.